The van der Waals surface area contributed by atoms with Crippen LogP contribution in [0.25, 0.3) is 0 Å². The fraction of sp³-hybridized carbons (Fsp3) is 0.400. The zero-order valence-corrected chi connectivity index (χ0v) is 10.2. The van der Waals surface area contributed by atoms with Crippen molar-refractivity contribution in [1.82, 2.24) is 4.98 Å². The summed E-state index contributed by atoms with van der Waals surface area (Å²) in [5, 5.41) is 0. The molecule has 2 rings (SSSR count). The second-order valence-corrected chi connectivity index (χ2v) is 3.20. The van der Waals surface area contributed by atoms with E-state index in [9.17, 15) is 4.79 Å². The summed E-state index contributed by atoms with van der Waals surface area (Å²) in [5.74, 6) is 0.799. The topological polar surface area (TPSA) is 30.0 Å². The number of pyridine rings is 1. The third-order valence-corrected chi connectivity index (χ3v) is 2.36. The standard InChI is InChI=1S/C10H10NO.Y/c12-10-4-3-8(6-10)9-2-1-5-11-7-9;/h1-2,7-8H,3-4,6H2;/q-1;. The molecule has 13 heavy (non-hydrogen) atoms. The van der Waals surface area contributed by atoms with Gasteiger partial charge in [0.2, 0.25) is 0 Å². The molecule has 0 saturated heterocycles. The SMILES string of the molecule is O=C1CCC(c2cc[c-]nc2)C1.[Y]. The van der Waals surface area contributed by atoms with Gasteiger partial charge in [-0.05, 0) is 12.3 Å². The van der Waals surface area contributed by atoms with Gasteiger partial charge in [-0.1, -0.05) is 12.4 Å². The van der Waals surface area contributed by atoms with E-state index in [4.69, 9.17) is 0 Å². The minimum absolute atomic E-state index is 0. The van der Waals surface area contributed by atoms with Crippen LogP contribution < -0.4 is 0 Å². The van der Waals surface area contributed by atoms with Crippen LogP contribution in [0.15, 0.2) is 18.3 Å². The van der Waals surface area contributed by atoms with E-state index < -0.39 is 0 Å². The molecule has 0 aliphatic heterocycles. The summed E-state index contributed by atoms with van der Waals surface area (Å²) >= 11 is 0. The maximum Gasteiger partial charge on any atom is 0.133 e. The summed E-state index contributed by atoms with van der Waals surface area (Å²) in [7, 11) is 0. The Balaban J connectivity index is 0.000000845. The van der Waals surface area contributed by atoms with Crippen LogP contribution in [0.1, 0.15) is 30.7 Å². The maximum atomic E-state index is 11.0. The number of hydrogen-bond acceptors (Lipinski definition) is 2. The molecule has 0 bridgehead atoms. The molecule has 1 aromatic heterocycles. The Morgan fingerprint density at radius 2 is 2.38 bits per heavy atom. The molecule has 1 heterocycles. The van der Waals surface area contributed by atoms with E-state index in [1.54, 1.807) is 6.07 Å². The van der Waals surface area contributed by atoms with Gasteiger partial charge in [-0.15, -0.1) is 5.56 Å². The van der Waals surface area contributed by atoms with Crippen molar-refractivity contribution in [1.29, 1.82) is 0 Å². The van der Waals surface area contributed by atoms with Crippen molar-refractivity contribution in [2.45, 2.75) is 25.2 Å². The maximum absolute atomic E-state index is 11.0. The summed E-state index contributed by atoms with van der Waals surface area (Å²) < 4.78 is 0. The number of nitrogens with zero attached hydrogens (tertiary/aromatic N) is 1. The van der Waals surface area contributed by atoms with Crippen molar-refractivity contribution in [3.05, 3.63) is 30.1 Å². The molecule has 1 saturated carbocycles. The van der Waals surface area contributed by atoms with Gasteiger partial charge in [0.15, 0.2) is 0 Å². The Bertz CT molecular complexity index is 286. The van der Waals surface area contributed by atoms with E-state index in [-0.39, 0.29) is 32.7 Å². The van der Waals surface area contributed by atoms with E-state index in [0.717, 1.165) is 12.8 Å². The van der Waals surface area contributed by atoms with Crippen molar-refractivity contribution in [3.8, 4) is 0 Å². The molecule has 0 aromatic carbocycles. The summed E-state index contributed by atoms with van der Waals surface area (Å²) in [4.78, 5) is 14.9. The van der Waals surface area contributed by atoms with Gasteiger partial charge >= 0.3 is 0 Å². The molecule has 0 spiro atoms. The predicted octanol–water partition coefficient (Wildman–Crippen LogP) is 1.72. The predicted molar refractivity (Wildman–Crippen MR) is 44.7 cm³/mol. The number of Topliss-reactive ketones (excluding diaryl/α,β-unsaturated/α-hetero) is 1. The first kappa shape index (κ1) is 11.0. The average molecular weight is 249 g/mol. The molecule has 1 unspecified atom stereocenters. The van der Waals surface area contributed by atoms with Gasteiger partial charge in [0.1, 0.15) is 5.78 Å². The average Bonchev–Trinajstić information content (AvgIpc) is 2.54. The zero-order valence-electron chi connectivity index (χ0n) is 7.36. The molecule has 1 aliphatic carbocycles. The van der Waals surface area contributed by atoms with E-state index in [0.29, 0.717) is 18.1 Å². The number of carbonyl (C=O) groups is 1. The Morgan fingerprint density at radius 3 is 2.92 bits per heavy atom. The molecule has 1 fully saturated rings. The van der Waals surface area contributed by atoms with Crippen LogP contribution in [0.5, 0.6) is 0 Å². The van der Waals surface area contributed by atoms with Gasteiger partial charge in [0.25, 0.3) is 0 Å². The van der Waals surface area contributed by atoms with Gasteiger partial charge < -0.3 is 4.98 Å². The van der Waals surface area contributed by atoms with Gasteiger partial charge in [0.05, 0.1) is 0 Å². The summed E-state index contributed by atoms with van der Waals surface area (Å²) in [6, 6.07) is 3.80. The summed E-state index contributed by atoms with van der Waals surface area (Å²) in [6.07, 6.45) is 6.97. The fourth-order valence-corrected chi connectivity index (χ4v) is 1.67. The van der Waals surface area contributed by atoms with E-state index in [1.807, 2.05) is 12.3 Å². The molecule has 1 aromatic rings. The van der Waals surface area contributed by atoms with E-state index in [1.165, 1.54) is 5.56 Å². The molecule has 1 atom stereocenters. The number of aromatic nitrogens is 1. The third kappa shape index (κ3) is 2.68. The monoisotopic (exact) mass is 249 g/mol. The zero-order chi connectivity index (χ0) is 8.39. The van der Waals surface area contributed by atoms with Crippen molar-refractivity contribution < 1.29 is 37.5 Å². The van der Waals surface area contributed by atoms with Gasteiger partial charge in [-0.3, -0.25) is 4.79 Å². The Kier molecular flexibility index (Phi) is 4.20. The minimum Gasteiger partial charge on any atom is -0.394 e. The Labute approximate surface area is 103 Å². The Morgan fingerprint density at radius 1 is 1.54 bits per heavy atom. The molecular formula is C10H10NOY-. The van der Waals surface area contributed by atoms with E-state index in [2.05, 4.69) is 11.2 Å². The molecule has 3 heteroatoms. The van der Waals surface area contributed by atoms with Crippen LogP contribution in [-0.4, -0.2) is 10.8 Å². The van der Waals surface area contributed by atoms with Crippen LogP contribution in [0.4, 0.5) is 0 Å². The Hall–Kier alpha value is -0.0761. The minimum atomic E-state index is 0. The molecule has 0 amide bonds. The van der Waals surface area contributed by atoms with Crippen LogP contribution in [-0.2, 0) is 37.5 Å². The first-order chi connectivity index (χ1) is 5.86. The molecule has 65 valence electrons. The normalized spacial score (nSPS) is 21.2. The second-order valence-electron chi connectivity index (χ2n) is 3.20. The summed E-state index contributed by atoms with van der Waals surface area (Å²) in [5.41, 5.74) is 1.18. The largest absolute Gasteiger partial charge is 0.394 e. The third-order valence-electron chi connectivity index (χ3n) is 2.36. The number of carbonyl (C=O) groups excluding carboxylic acids is 1. The molecule has 2 nitrogen and oxygen atoms in total. The molecule has 1 aliphatic rings. The van der Waals surface area contributed by atoms with Crippen molar-refractivity contribution in [3.63, 3.8) is 0 Å². The quantitative estimate of drug-likeness (QED) is 0.709. The second kappa shape index (κ2) is 4.97. The van der Waals surface area contributed by atoms with Crippen LogP contribution >= 0.6 is 0 Å². The first-order valence-corrected chi connectivity index (χ1v) is 4.20. The van der Waals surface area contributed by atoms with Gasteiger partial charge in [-0.2, -0.15) is 12.1 Å². The summed E-state index contributed by atoms with van der Waals surface area (Å²) in [6.45, 7) is 0. The van der Waals surface area contributed by atoms with Crippen molar-refractivity contribution in [2.75, 3.05) is 0 Å². The number of rotatable bonds is 1. The molecule has 0 N–H and O–H groups in total. The van der Waals surface area contributed by atoms with E-state index >= 15 is 0 Å². The smallest absolute Gasteiger partial charge is 0.133 e. The molecule has 1 radical (unpaired) electrons. The van der Waals surface area contributed by atoms with Crippen molar-refractivity contribution >= 4 is 5.78 Å². The number of hydrogen-bond donors (Lipinski definition) is 0. The number of ketones is 1. The van der Waals surface area contributed by atoms with Crippen molar-refractivity contribution in [2.24, 2.45) is 0 Å². The molecular weight excluding hydrogens is 239 g/mol. The van der Waals surface area contributed by atoms with Gasteiger partial charge in [-0.25, -0.2) is 0 Å². The van der Waals surface area contributed by atoms with Crippen LogP contribution in [0.2, 0.25) is 0 Å². The van der Waals surface area contributed by atoms with Crippen LogP contribution in [0, 0.1) is 6.20 Å². The first-order valence-electron chi connectivity index (χ1n) is 4.20. The van der Waals surface area contributed by atoms with Gasteiger partial charge in [0, 0.05) is 45.6 Å². The fourth-order valence-electron chi connectivity index (χ4n) is 1.67. The van der Waals surface area contributed by atoms with Crippen LogP contribution in [0.3, 0.4) is 0 Å².